The predicted octanol–water partition coefficient (Wildman–Crippen LogP) is 2.91. The summed E-state index contributed by atoms with van der Waals surface area (Å²) in [7, 11) is 0. The minimum Gasteiger partial charge on any atom is -0.472 e. The minimum atomic E-state index is -0.667. The van der Waals surface area contributed by atoms with Crippen LogP contribution in [0.4, 0.5) is 0 Å². The Hall–Kier alpha value is -2.13. The predicted molar refractivity (Wildman–Crippen MR) is 64.5 cm³/mol. The maximum atomic E-state index is 10.3. The van der Waals surface area contributed by atoms with Crippen molar-refractivity contribution >= 4 is 10.8 Å². The summed E-state index contributed by atoms with van der Waals surface area (Å²) < 4.78 is 5.00. The quantitative estimate of drug-likeness (QED) is 0.729. The van der Waals surface area contributed by atoms with Gasteiger partial charge >= 0.3 is 0 Å². The fourth-order valence-electron chi connectivity index (χ4n) is 2.00. The molecule has 2 aromatic heterocycles. The van der Waals surface area contributed by atoms with Gasteiger partial charge in [0.25, 0.3) is 0 Å². The van der Waals surface area contributed by atoms with Crippen molar-refractivity contribution in [1.29, 1.82) is 0 Å². The fourth-order valence-corrected chi connectivity index (χ4v) is 2.00. The molecule has 1 unspecified atom stereocenters. The molecule has 0 spiro atoms. The summed E-state index contributed by atoms with van der Waals surface area (Å²) >= 11 is 0. The number of hydrogen-bond donors (Lipinski definition) is 1. The van der Waals surface area contributed by atoms with E-state index in [0.29, 0.717) is 0 Å². The molecule has 3 heteroatoms. The monoisotopic (exact) mass is 225 g/mol. The molecule has 3 aromatic rings. The van der Waals surface area contributed by atoms with Crippen molar-refractivity contribution in [3.05, 3.63) is 66.4 Å². The van der Waals surface area contributed by atoms with Gasteiger partial charge in [0.05, 0.1) is 12.5 Å². The largest absolute Gasteiger partial charge is 0.472 e. The molecule has 3 nitrogen and oxygen atoms in total. The lowest BCUT2D eigenvalue weighted by Crippen LogP contribution is -1.98. The van der Waals surface area contributed by atoms with Gasteiger partial charge in [0.2, 0.25) is 0 Å². The Labute approximate surface area is 98.3 Å². The van der Waals surface area contributed by atoms with Gasteiger partial charge in [0.15, 0.2) is 0 Å². The molecule has 0 fully saturated rings. The lowest BCUT2D eigenvalue weighted by atomic mass is 9.98. The summed E-state index contributed by atoms with van der Waals surface area (Å²) in [5, 5.41) is 12.3. The first-order valence-electron chi connectivity index (χ1n) is 5.39. The van der Waals surface area contributed by atoms with Crippen molar-refractivity contribution in [2.24, 2.45) is 0 Å². The first kappa shape index (κ1) is 10.1. The molecular formula is C14H11NO2. The van der Waals surface area contributed by atoms with Crippen molar-refractivity contribution in [3.63, 3.8) is 0 Å². The number of benzene rings is 1. The van der Waals surface area contributed by atoms with E-state index in [-0.39, 0.29) is 0 Å². The number of furan rings is 1. The van der Waals surface area contributed by atoms with E-state index in [9.17, 15) is 5.11 Å². The Kier molecular flexibility index (Phi) is 2.38. The third kappa shape index (κ3) is 1.70. The van der Waals surface area contributed by atoms with Crippen LogP contribution in [0, 0.1) is 0 Å². The molecular weight excluding hydrogens is 214 g/mol. The fraction of sp³-hybridized carbons (Fsp3) is 0.0714. The van der Waals surface area contributed by atoms with Crippen LogP contribution in [-0.2, 0) is 0 Å². The zero-order valence-electron chi connectivity index (χ0n) is 9.08. The van der Waals surface area contributed by atoms with Gasteiger partial charge in [-0.25, -0.2) is 0 Å². The standard InChI is InChI=1S/C14H11NO2/c16-14(11-5-7-17-9-11)13-3-1-2-10-8-15-6-4-12(10)13/h1-9,14,16H. The van der Waals surface area contributed by atoms with Crippen LogP contribution in [-0.4, -0.2) is 10.1 Å². The van der Waals surface area contributed by atoms with Crippen LogP contribution in [0.2, 0.25) is 0 Å². The van der Waals surface area contributed by atoms with Gasteiger partial charge in [-0.3, -0.25) is 4.98 Å². The molecule has 0 aliphatic rings. The number of hydrogen-bond acceptors (Lipinski definition) is 3. The van der Waals surface area contributed by atoms with E-state index in [1.165, 1.54) is 0 Å². The van der Waals surface area contributed by atoms with Crippen LogP contribution in [0.15, 0.2) is 59.7 Å². The number of aromatic nitrogens is 1. The maximum Gasteiger partial charge on any atom is 0.108 e. The molecule has 0 aliphatic carbocycles. The number of nitrogens with zero attached hydrogens (tertiary/aromatic N) is 1. The van der Waals surface area contributed by atoms with Crippen LogP contribution in [0.1, 0.15) is 17.2 Å². The highest BCUT2D eigenvalue weighted by molar-refractivity contribution is 5.85. The molecule has 2 heterocycles. The zero-order valence-corrected chi connectivity index (χ0v) is 9.08. The first-order chi connectivity index (χ1) is 8.36. The van der Waals surface area contributed by atoms with Crippen LogP contribution < -0.4 is 0 Å². The first-order valence-corrected chi connectivity index (χ1v) is 5.39. The summed E-state index contributed by atoms with van der Waals surface area (Å²) in [6, 6.07) is 9.50. The van der Waals surface area contributed by atoms with Crippen LogP contribution in [0.25, 0.3) is 10.8 Å². The third-order valence-corrected chi connectivity index (χ3v) is 2.87. The van der Waals surface area contributed by atoms with E-state index >= 15 is 0 Å². The summed E-state index contributed by atoms with van der Waals surface area (Å²) in [6.07, 6.45) is 5.98. The number of aliphatic hydroxyl groups excluding tert-OH is 1. The number of aliphatic hydroxyl groups is 1. The van der Waals surface area contributed by atoms with Crippen molar-refractivity contribution < 1.29 is 9.52 Å². The van der Waals surface area contributed by atoms with E-state index in [1.54, 1.807) is 31.0 Å². The van der Waals surface area contributed by atoms with E-state index in [2.05, 4.69) is 4.98 Å². The topological polar surface area (TPSA) is 46.3 Å². The lowest BCUT2D eigenvalue weighted by molar-refractivity contribution is 0.221. The second-order valence-corrected chi connectivity index (χ2v) is 3.90. The van der Waals surface area contributed by atoms with Gasteiger partial charge in [-0.15, -0.1) is 0 Å². The number of pyridine rings is 1. The highest BCUT2D eigenvalue weighted by atomic mass is 16.3. The average Bonchev–Trinajstić information content (AvgIpc) is 2.91. The van der Waals surface area contributed by atoms with Crippen molar-refractivity contribution in [3.8, 4) is 0 Å². The Morgan fingerprint density at radius 2 is 2.12 bits per heavy atom. The van der Waals surface area contributed by atoms with Gasteiger partial charge < -0.3 is 9.52 Å². The Morgan fingerprint density at radius 3 is 2.94 bits per heavy atom. The molecule has 0 radical (unpaired) electrons. The Balaban J connectivity index is 2.17. The van der Waals surface area contributed by atoms with Gasteiger partial charge in [-0.1, -0.05) is 18.2 Å². The van der Waals surface area contributed by atoms with Crippen LogP contribution in [0.5, 0.6) is 0 Å². The second-order valence-electron chi connectivity index (χ2n) is 3.90. The maximum absolute atomic E-state index is 10.3. The molecule has 0 amide bonds. The van der Waals surface area contributed by atoms with Crippen LogP contribution >= 0.6 is 0 Å². The molecule has 84 valence electrons. The summed E-state index contributed by atoms with van der Waals surface area (Å²) in [5.41, 5.74) is 1.63. The van der Waals surface area contributed by atoms with Gasteiger partial charge in [-0.05, 0) is 23.1 Å². The smallest absolute Gasteiger partial charge is 0.108 e. The second kappa shape index (κ2) is 4.03. The molecule has 17 heavy (non-hydrogen) atoms. The number of rotatable bonds is 2. The molecule has 0 bridgehead atoms. The average molecular weight is 225 g/mol. The van der Waals surface area contributed by atoms with E-state index in [4.69, 9.17) is 4.42 Å². The normalized spacial score (nSPS) is 12.8. The van der Waals surface area contributed by atoms with Gasteiger partial charge in [0, 0.05) is 23.3 Å². The van der Waals surface area contributed by atoms with Crippen LogP contribution in [0.3, 0.4) is 0 Å². The Morgan fingerprint density at radius 1 is 1.18 bits per heavy atom. The highest BCUT2D eigenvalue weighted by Crippen LogP contribution is 2.28. The van der Waals surface area contributed by atoms with Crippen molar-refractivity contribution in [1.82, 2.24) is 4.98 Å². The third-order valence-electron chi connectivity index (χ3n) is 2.87. The van der Waals surface area contributed by atoms with E-state index < -0.39 is 6.10 Å². The van der Waals surface area contributed by atoms with Crippen molar-refractivity contribution in [2.45, 2.75) is 6.10 Å². The highest BCUT2D eigenvalue weighted by Gasteiger charge is 2.14. The molecule has 3 rings (SSSR count). The van der Waals surface area contributed by atoms with E-state index in [1.807, 2.05) is 24.3 Å². The van der Waals surface area contributed by atoms with Crippen molar-refractivity contribution in [2.75, 3.05) is 0 Å². The lowest BCUT2D eigenvalue weighted by Gasteiger charge is -2.11. The zero-order chi connectivity index (χ0) is 11.7. The molecule has 1 aromatic carbocycles. The molecule has 0 aliphatic heterocycles. The minimum absolute atomic E-state index is 0.667. The molecule has 1 N–H and O–H groups in total. The molecule has 0 saturated heterocycles. The van der Waals surface area contributed by atoms with E-state index in [0.717, 1.165) is 21.9 Å². The SMILES string of the molecule is OC(c1ccoc1)c1cccc2cnccc12. The molecule has 0 saturated carbocycles. The van der Waals surface area contributed by atoms with Gasteiger partial charge in [0.1, 0.15) is 6.10 Å². The summed E-state index contributed by atoms with van der Waals surface area (Å²) in [6.45, 7) is 0. The molecule has 1 atom stereocenters. The van der Waals surface area contributed by atoms with Gasteiger partial charge in [-0.2, -0.15) is 0 Å². The Bertz CT molecular complexity index is 626. The summed E-state index contributed by atoms with van der Waals surface area (Å²) in [5.74, 6) is 0. The number of fused-ring (bicyclic) bond motifs is 1. The summed E-state index contributed by atoms with van der Waals surface area (Å²) in [4.78, 5) is 4.08.